The molecule has 1 aromatic rings. The Morgan fingerprint density at radius 3 is 2.50 bits per heavy atom. The number of nitrogens with one attached hydrogen (secondary N) is 2. The number of carbonyl (C=O) groups is 2. The van der Waals surface area contributed by atoms with Crippen molar-refractivity contribution in [1.29, 1.82) is 0 Å². The quantitative estimate of drug-likeness (QED) is 0.121. The maximum atomic E-state index is 15.0. The summed E-state index contributed by atoms with van der Waals surface area (Å²) in [6.45, 7) is 6.67. The van der Waals surface area contributed by atoms with E-state index in [1.807, 2.05) is 13.0 Å². The fraction of sp³-hybridized carbons (Fsp3) is 0.745. The van der Waals surface area contributed by atoms with Crippen LogP contribution in [0.2, 0.25) is 0 Å². The minimum atomic E-state index is -1.73. The number of benzene rings is 1. The molecule has 7 aliphatic rings. The molecule has 1 saturated heterocycles. The highest BCUT2D eigenvalue weighted by molar-refractivity contribution is 5.85. The molecule has 3 heterocycles. The Morgan fingerprint density at radius 1 is 0.964 bits per heavy atom. The van der Waals surface area contributed by atoms with E-state index in [1.165, 1.54) is 11.6 Å². The van der Waals surface area contributed by atoms with Gasteiger partial charge in [0.2, 0.25) is 0 Å². The minimum absolute atomic E-state index is 0.113. The number of aliphatic hydroxyl groups excluding tert-OH is 2. The summed E-state index contributed by atoms with van der Waals surface area (Å²) in [6.07, 6.45) is 12.9. The number of hydrogen-bond donors (Lipinski definition) is 5. The van der Waals surface area contributed by atoms with Gasteiger partial charge in [-0.2, -0.15) is 0 Å². The number of fused-ring (bicyclic) bond motifs is 3. The van der Waals surface area contributed by atoms with Crippen LogP contribution < -0.4 is 10.9 Å². The molecule has 5 N–H and O–H groups in total. The monoisotopic (exact) mass is 770 g/mol. The Hall–Kier alpha value is -2.74. The predicted octanol–water partition coefficient (Wildman–Crippen LogP) is 6.83. The van der Waals surface area contributed by atoms with Crippen molar-refractivity contribution in [3.05, 3.63) is 47.5 Å². The van der Waals surface area contributed by atoms with Gasteiger partial charge < -0.3 is 24.8 Å². The zero-order valence-electron chi connectivity index (χ0n) is 34.0. The molecule has 0 radical (unpaired) electrons. The predicted molar refractivity (Wildman–Crippen MR) is 213 cm³/mol. The van der Waals surface area contributed by atoms with Crippen LogP contribution in [-0.2, 0) is 25.5 Å². The summed E-state index contributed by atoms with van der Waals surface area (Å²) in [5, 5.41) is 40.5. The van der Waals surface area contributed by atoms with E-state index in [0.717, 1.165) is 63.4 Å². The van der Waals surface area contributed by atoms with Gasteiger partial charge in [0.15, 0.2) is 5.72 Å². The third kappa shape index (κ3) is 6.40. The minimum Gasteiger partial charge on any atom is -0.458 e. The van der Waals surface area contributed by atoms with E-state index in [0.29, 0.717) is 57.3 Å². The van der Waals surface area contributed by atoms with Crippen molar-refractivity contribution in [3.8, 4) is 11.8 Å². The van der Waals surface area contributed by atoms with E-state index in [1.54, 1.807) is 0 Å². The van der Waals surface area contributed by atoms with Crippen LogP contribution in [0.4, 0.5) is 0 Å². The Balaban J connectivity index is 1.26. The van der Waals surface area contributed by atoms with Gasteiger partial charge in [-0.15, -0.1) is 5.92 Å². The lowest BCUT2D eigenvalue weighted by Crippen LogP contribution is -2.84. The summed E-state index contributed by atoms with van der Waals surface area (Å²) in [5.41, 5.74) is 2.40. The molecule has 0 aromatic heterocycles. The molecule has 8 rings (SSSR count). The summed E-state index contributed by atoms with van der Waals surface area (Å²) in [6, 6.07) is 10.6. The highest BCUT2D eigenvalue weighted by atomic mass is 16.6. The number of cyclic esters (lactones) is 1. The molecule has 9 nitrogen and oxygen atoms in total. The summed E-state index contributed by atoms with van der Waals surface area (Å²) in [4.78, 5) is 27.3. The number of aliphatic hydroxyl groups is 3. The van der Waals surface area contributed by atoms with Gasteiger partial charge in [-0.25, -0.2) is 10.2 Å². The zero-order valence-corrected chi connectivity index (χ0v) is 34.0. The Morgan fingerprint density at radius 2 is 1.75 bits per heavy atom. The highest BCUT2D eigenvalue weighted by Gasteiger charge is 2.82. The number of hydrogen-bond acceptors (Lipinski definition) is 9. The van der Waals surface area contributed by atoms with Crippen LogP contribution in [0.5, 0.6) is 0 Å². The molecular weight excluding hydrogens is 705 g/mol. The molecule has 2 bridgehead atoms. The topological polar surface area (TPSA) is 137 Å². The van der Waals surface area contributed by atoms with Crippen LogP contribution in [0.25, 0.3) is 0 Å². The maximum absolute atomic E-state index is 15.0. The summed E-state index contributed by atoms with van der Waals surface area (Å²) in [7, 11) is 0. The number of carbonyl (C=O) groups excluding carboxylic acids is 2. The largest absolute Gasteiger partial charge is 0.458 e. The molecule has 2 spiro atoms. The third-order valence-corrected chi connectivity index (χ3v) is 16.5. The van der Waals surface area contributed by atoms with E-state index in [2.05, 4.69) is 60.8 Å². The normalized spacial score (nSPS) is 40.9. The second-order valence-corrected chi connectivity index (χ2v) is 19.8. The fourth-order valence-corrected chi connectivity index (χ4v) is 13.7. The SMILES string of the molecule is C[C@H](CCCc1ccccc1)CC[C@H](O)[C@]12C3[C@@]4(C[C@](C)(C#CCC5(CCCCC5)C(=O)O4)[C@]1(O)CCC1=CC(=O)OC1)NN[C@@H]1CCC[C@H]1[C@@]3(C)CC[C@@H]2O. The highest BCUT2D eigenvalue weighted by Crippen LogP contribution is 2.74. The molecule has 0 amide bonds. The first kappa shape index (κ1) is 40.1. The molecule has 4 aliphatic carbocycles. The molecule has 11 atom stereocenters. The first-order chi connectivity index (χ1) is 26.8. The lowest BCUT2D eigenvalue weighted by molar-refractivity contribution is -0.363. The lowest BCUT2D eigenvalue weighted by Gasteiger charge is -2.73. The van der Waals surface area contributed by atoms with Crippen molar-refractivity contribution in [1.82, 2.24) is 10.9 Å². The summed E-state index contributed by atoms with van der Waals surface area (Å²) in [5.74, 6) is 6.30. The van der Waals surface area contributed by atoms with Crippen LogP contribution >= 0.6 is 0 Å². The molecule has 3 aliphatic heterocycles. The van der Waals surface area contributed by atoms with Crippen LogP contribution in [0.1, 0.15) is 142 Å². The van der Waals surface area contributed by atoms with Crippen molar-refractivity contribution in [2.24, 2.45) is 39.4 Å². The Bertz CT molecular complexity index is 1730. The first-order valence-electron chi connectivity index (χ1n) is 22.1. The van der Waals surface area contributed by atoms with Gasteiger partial charge in [0, 0.05) is 30.9 Å². The van der Waals surface area contributed by atoms with Gasteiger partial charge >= 0.3 is 11.9 Å². The van der Waals surface area contributed by atoms with Gasteiger partial charge in [-0.05, 0) is 112 Å². The third-order valence-electron chi connectivity index (χ3n) is 16.5. The van der Waals surface area contributed by atoms with Crippen LogP contribution in [-0.4, -0.2) is 63.4 Å². The molecule has 5 fully saturated rings. The van der Waals surface area contributed by atoms with E-state index in [4.69, 9.17) is 9.47 Å². The second kappa shape index (κ2) is 15.1. The lowest BCUT2D eigenvalue weighted by atomic mass is 9.34. The average molecular weight is 771 g/mol. The number of rotatable bonds is 11. The van der Waals surface area contributed by atoms with E-state index >= 15 is 4.79 Å². The molecule has 1 unspecified atom stereocenters. The molecule has 9 heteroatoms. The van der Waals surface area contributed by atoms with Gasteiger partial charge in [0.25, 0.3) is 0 Å². The first-order valence-corrected chi connectivity index (χ1v) is 22.1. The summed E-state index contributed by atoms with van der Waals surface area (Å²) >= 11 is 0. The molecule has 4 saturated carbocycles. The fourth-order valence-electron chi connectivity index (χ4n) is 13.7. The smallest absolute Gasteiger partial charge is 0.331 e. The molecular formula is C47H66N2O7. The van der Waals surface area contributed by atoms with Gasteiger partial charge in [-0.3, -0.25) is 10.2 Å². The van der Waals surface area contributed by atoms with E-state index in [9.17, 15) is 20.1 Å². The van der Waals surface area contributed by atoms with Crippen LogP contribution in [0.3, 0.4) is 0 Å². The second-order valence-electron chi connectivity index (χ2n) is 19.8. The van der Waals surface area contributed by atoms with E-state index < -0.39 is 51.1 Å². The Labute approximate surface area is 334 Å². The molecule has 56 heavy (non-hydrogen) atoms. The van der Waals surface area contributed by atoms with Crippen molar-refractivity contribution in [2.75, 3.05) is 6.61 Å². The standard InChI is InChI=1S/C47H66N2O7/c1-32(13-10-16-33-14-6-4-7-15-33)19-20-37(50)47-38(51)22-27-43(3)35-17-11-18-36(35)48-49-45(40(43)47)31-42(2,46(47,54)28-21-34-29-39(52)55-30-34)23-12-26-44(41(53)56-45)24-8-5-9-25-44/h4,6-7,14-15,29,32,35-38,40,48-51,54H,5,8-11,13,16-22,24-28,30-31H2,1-3H3/t32-,35-,36-,37+,38+,40?,42+,43-,45+,46-,47+/m1/s1. The Kier molecular flexibility index (Phi) is 10.8. The van der Waals surface area contributed by atoms with Gasteiger partial charge in [-0.1, -0.05) is 82.2 Å². The number of ether oxygens (including phenoxy) is 2. The number of aryl methyl sites for hydroxylation is 1. The van der Waals surface area contributed by atoms with Crippen molar-refractivity contribution < 1.29 is 34.4 Å². The molecule has 1 aromatic carbocycles. The molecule has 306 valence electrons. The summed E-state index contributed by atoms with van der Waals surface area (Å²) < 4.78 is 12.5. The van der Waals surface area contributed by atoms with Gasteiger partial charge in [0.1, 0.15) is 6.61 Å². The maximum Gasteiger partial charge on any atom is 0.331 e. The van der Waals surface area contributed by atoms with Crippen molar-refractivity contribution in [2.45, 2.75) is 172 Å². The van der Waals surface area contributed by atoms with Gasteiger partial charge in [0.05, 0.1) is 34.1 Å². The van der Waals surface area contributed by atoms with Crippen LogP contribution in [0, 0.1) is 51.3 Å². The number of hydrazine groups is 1. The number of esters is 2. The van der Waals surface area contributed by atoms with Crippen molar-refractivity contribution in [3.63, 3.8) is 0 Å². The van der Waals surface area contributed by atoms with E-state index in [-0.39, 0.29) is 43.3 Å². The zero-order chi connectivity index (χ0) is 39.4. The van der Waals surface area contributed by atoms with Crippen molar-refractivity contribution >= 4 is 11.9 Å². The van der Waals surface area contributed by atoms with Crippen LogP contribution in [0.15, 0.2) is 42.0 Å². The average Bonchev–Trinajstić information content (AvgIpc) is 3.83.